The molecule has 0 saturated carbocycles. The summed E-state index contributed by atoms with van der Waals surface area (Å²) in [6.45, 7) is 3.90. The topological polar surface area (TPSA) is 40.6 Å². The van der Waals surface area contributed by atoms with Crippen LogP contribution in [0, 0.1) is 6.92 Å². The van der Waals surface area contributed by atoms with Crippen LogP contribution >= 0.6 is 11.6 Å². The van der Waals surface area contributed by atoms with Gasteiger partial charge in [0.25, 0.3) is 11.8 Å². The molecule has 0 unspecified atom stereocenters. The minimum absolute atomic E-state index is 0.201. The van der Waals surface area contributed by atoms with E-state index in [0.717, 1.165) is 42.6 Å². The number of rotatable bonds is 4. The SMILES string of the molecule is Cc1ccc(C2=C(N3CCCC3)C(=O)N(Cc3ccc(Cl)cc3)C2=O)cc1. The highest BCUT2D eigenvalue weighted by atomic mass is 35.5. The van der Waals surface area contributed by atoms with Crippen LogP contribution in [0.25, 0.3) is 5.57 Å². The van der Waals surface area contributed by atoms with Crippen LogP contribution in [0.1, 0.15) is 29.5 Å². The smallest absolute Gasteiger partial charge is 0.278 e. The Hall–Kier alpha value is -2.59. The predicted molar refractivity (Wildman–Crippen MR) is 106 cm³/mol. The fraction of sp³-hybridized carbons (Fsp3) is 0.273. The maximum atomic E-state index is 13.2. The van der Waals surface area contributed by atoms with Crippen molar-refractivity contribution in [3.63, 3.8) is 0 Å². The number of carbonyl (C=O) groups excluding carboxylic acids is 2. The maximum Gasteiger partial charge on any atom is 0.278 e. The van der Waals surface area contributed by atoms with Crippen molar-refractivity contribution in [1.29, 1.82) is 0 Å². The predicted octanol–water partition coefficient (Wildman–Crippen LogP) is 4.02. The highest BCUT2D eigenvalue weighted by molar-refractivity contribution is 6.35. The second-order valence-electron chi connectivity index (χ2n) is 7.11. The molecule has 4 nitrogen and oxygen atoms in total. The fourth-order valence-electron chi connectivity index (χ4n) is 3.69. The Morgan fingerprint density at radius 2 is 1.52 bits per heavy atom. The number of benzene rings is 2. The van der Waals surface area contributed by atoms with Crippen LogP contribution in [-0.4, -0.2) is 34.7 Å². The van der Waals surface area contributed by atoms with Gasteiger partial charge in [0, 0.05) is 18.1 Å². The van der Waals surface area contributed by atoms with E-state index < -0.39 is 0 Å². The highest BCUT2D eigenvalue weighted by Crippen LogP contribution is 2.34. The minimum Gasteiger partial charge on any atom is -0.366 e. The van der Waals surface area contributed by atoms with E-state index in [1.165, 1.54) is 4.90 Å². The monoisotopic (exact) mass is 380 g/mol. The average molecular weight is 381 g/mol. The summed E-state index contributed by atoms with van der Waals surface area (Å²) in [5.41, 5.74) is 3.88. The largest absolute Gasteiger partial charge is 0.366 e. The third-order valence-electron chi connectivity index (χ3n) is 5.16. The first kappa shape index (κ1) is 17.8. The lowest BCUT2D eigenvalue weighted by atomic mass is 10.0. The van der Waals surface area contributed by atoms with E-state index in [2.05, 4.69) is 4.90 Å². The van der Waals surface area contributed by atoms with Crippen molar-refractivity contribution in [2.24, 2.45) is 0 Å². The number of imide groups is 1. The summed E-state index contributed by atoms with van der Waals surface area (Å²) in [4.78, 5) is 29.9. The molecule has 0 radical (unpaired) electrons. The molecule has 1 saturated heterocycles. The zero-order valence-electron chi connectivity index (χ0n) is 15.2. The third-order valence-corrected chi connectivity index (χ3v) is 5.41. The molecule has 27 heavy (non-hydrogen) atoms. The molecule has 0 aliphatic carbocycles. The lowest BCUT2D eigenvalue weighted by molar-refractivity contribution is -0.138. The van der Waals surface area contributed by atoms with Crippen LogP contribution in [0.15, 0.2) is 54.2 Å². The first-order valence-electron chi connectivity index (χ1n) is 9.21. The molecule has 2 aromatic rings. The molecule has 2 aliphatic heterocycles. The van der Waals surface area contributed by atoms with E-state index in [4.69, 9.17) is 11.6 Å². The van der Waals surface area contributed by atoms with Crippen LogP contribution in [-0.2, 0) is 16.1 Å². The summed E-state index contributed by atoms with van der Waals surface area (Å²) in [5.74, 6) is -0.423. The summed E-state index contributed by atoms with van der Waals surface area (Å²) in [6, 6.07) is 15.1. The molecule has 138 valence electrons. The minimum atomic E-state index is -0.222. The summed E-state index contributed by atoms with van der Waals surface area (Å²) >= 11 is 5.95. The first-order valence-corrected chi connectivity index (χ1v) is 9.59. The van der Waals surface area contributed by atoms with Crippen LogP contribution < -0.4 is 0 Å². The van der Waals surface area contributed by atoms with Gasteiger partial charge in [0.15, 0.2) is 0 Å². The van der Waals surface area contributed by atoms with Gasteiger partial charge in [-0.05, 0) is 43.0 Å². The maximum absolute atomic E-state index is 13.2. The van der Waals surface area contributed by atoms with Gasteiger partial charge >= 0.3 is 0 Å². The lowest BCUT2D eigenvalue weighted by Crippen LogP contribution is -2.34. The van der Waals surface area contributed by atoms with Gasteiger partial charge in [0.05, 0.1) is 12.1 Å². The molecule has 0 N–H and O–H groups in total. The molecule has 2 aromatic carbocycles. The Labute approximate surface area is 164 Å². The van der Waals surface area contributed by atoms with Crippen LogP contribution in [0.4, 0.5) is 0 Å². The molecule has 0 spiro atoms. The zero-order chi connectivity index (χ0) is 19.0. The van der Waals surface area contributed by atoms with Gasteiger partial charge < -0.3 is 4.90 Å². The lowest BCUT2D eigenvalue weighted by Gasteiger charge is -2.20. The van der Waals surface area contributed by atoms with Gasteiger partial charge in [-0.2, -0.15) is 0 Å². The van der Waals surface area contributed by atoms with Crippen molar-refractivity contribution in [1.82, 2.24) is 9.80 Å². The summed E-state index contributed by atoms with van der Waals surface area (Å²) in [5, 5.41) is 0.633. The van der Waals surface area contributed by atoms with Gasteiger partial charge in [0.1, 0.15) is 5.70 Å². The Balaban J connectivity index is 1.72. The molecular formula is C22H21ClN2O2. The summed E-state index contributed by atoms with van der Waals surface area (Å²) < 4.78 is 0. The molecule has 5 heteroatoms. The van der Waals surface area contributed by atoms with Crippen LogP contribution in [0.3, 0.4) is 0 Å². The van der Waals surface area contributed by atoms with Gasteiger partial charge in [-0.1, -0.05) is 53.6 Å². The van der Waals surface area contributed by atoms with E-state index in [1.807, 2.05) is 43.3 Å². The number of hydrogen-bond acceptors (Lipinski definition) is 3. The standard InChI is InChI=1S/C22H21ClN2O2/c1-15-4-8-17(9-5-15)19-20(24-12-2-3-13-24)22(27)25(21(19)26)14-16-6-10-18(23)11-7-16/h4-11H,2-3,12-14H2,1H3. The molecule has 0 bridgehead atoms. The average Bonchev–Trinajstić information content (AvgIpc) is 3.26. The Kier molecular flexibility index (Phi) is 4.75. The first-order chi connectivity index (χ1) is 13.0. The van der Waals surface area contributed by atoms with Gasteiger partial charge in [-0.25, -0.2) is 0 Å². The van der Waals surface area contributed by atoms with Crippen LogP contribution in [0.2, 0.25) is 5.02 Å². The number of halogens is 1. The second-order valence-corrected chi connectivity index (χ2v) is 7.54. The Morgan fingerprint density at radius 3 is 2.15 bits per heavy atom. The van der Waals surface area contributed by atoms with Crippen molar-refractivity contribution >= 4 is 29.0 Å². The number of aryl methyl sites for hydroxylation is 1. The quantitative estimate of drug-likeness (QED) is 0.752. The van der Waals surface area contributed by atoms with E-state index in [9.17, 15) is 9.59 Å². The zero-order valence-corrected chi connectivity index (χ0v) is 16.0. The molecule has 4 rings (SSSR count). The third kappa shape index (κ3) is 3.37. The molecule has 1 fully saturated rings. The fourth-order valence-corrected chi connectivity index (χ4v) is 3.82. The summed E-state index contributed by atoms with van der Waals surface area (Å²) in [6.07, 6.45) is 2.09. The molecule has 2 aliphatic rings. The van der Waals surface area contributed by atoms with Crippen molar-refractivity contribution in [3.05, 3.63) is 75.9 Å². The number of nitrogens with zero attached hydrogens (tertiary/aromatic N) is 2. The highest BCUT2D eigenvalue weighted by Gasteiger charge is 2.41. The Morgan fingerprint density at radius 1 is 0.889 bits per heavy atom. The number of carbonyl (C=O) groups is 2. The van der Waals surface area contributed by atoms with Gasteiger partial charge in [0.2, 0.25) is 0 Å². The van der Waals surface area contributed by atoms with Crippen molar-refractivity contribution in [2.75, 3.05) is 13.1 Å². The van der Waals surface area contributed by atoms with Gasteiger partial charge in [-0.3, -0.25) is 14.5 Å². The van der Waals surface area contributed by atoms with E-state index in [0.29, 0.717) is 16.3 Å². The molecular weight excluding hydrogens is 360 g/mol. The Bertz CT molecular complexity index is 910. The van der Waals surface area contributed by atoms with Crippen molar-refractivity contribution < 1.29 is 9.59 Å². The number of hydrogen-bond donors (Lipinski definition) is 0. The molecule has 0 aromatic heterocycles. The van der Waals surface area contributed by atoms with Crippen molar-refractivity contribution in [2.45, 2.75) is 26.3 Å². The summed E-state index contributed by atoms with van der Waals surface area (Å²) in [7, 11) is 0. The molecule has 2 heterocycles. The molecule has 0 atom stereocenters. The normalized spacial score (nSPS) is 17.4. The van der Waals surface area contributed by atoms with E-state index in [1.54, 1.807) is 12.1 Å². The van der Waals surface area contributed by atoms with Crippen molar-refractivity contribution in [3.8, 4) is 0 Å². The number of likely N-dealkylation sites (tertiary alicyclic amines) is 1. The number of amides is 2. The van der Waals surface area contributed by atoms with E-state index in [-0.39, 0.29) is 18.4 Å². The molecule has 2 amide bonds. The van der Waals surface area contributed by atoms with Gasteiger partial charge in [-0.15, -0.1) is 0 Å². The van der Waals surface area contributed by atoms with E-state index >= 15 is 0 Å². The van der Waals surface area contributed by atoms with Crippen LogP contribution in [0.5, 0.6) is 0 Å². The second kappa shape index (κ2) is 7.20.